The van der Waals surface area contributed by atoms with Crippen LogP contribution in [0.3, 0.4) is 0 Å². The number of nitrogens with one attached hydrogen (secondary N) is 1. The number of nitrogens with zero attached hydrogens (tertiary/aromatic N) is 2. The molecule has 0 unspecified atom stereocenters. The number of amides is 1. The first-order valence-electron chi connectivity index (χ1n) is 8.47. The summed E-state index contributed by atoms with van der Waals surface area (Å²) >= 11 is 5.20. The van der Waals surface area contributed by atoms with Crippen molar-refractivity contribution in [2.24, 2.45) is 5.92 Å². The van der Waals surface area contributed by atoms with Crippen molar-refractivity contribution in [3.8, 4) is 11.5 Å². The monoisotopic (exact) mass is 345 g/mol. The van der Waals surface area contributed by atoms with Crippen LogP contribution in [0.5, 0.6) is 0 Å². The van der Waals surface area contributed by atoms with Crippen LogP contribution >= 0.6 is 12.2 Å². The molecule has 2 atom stereocenters. The average Bonchev–Trinajstić information content (AvgIpc) is 2.91. The summed E-state index contributed by atoms with van der Waals surface area (Å²) in [6.07, 6.45) is 4.65. The molecule has 128 valence electrons. The molecule has 1 aliphatic rings. The molecule has 0 bridgehead atoms. The second kappa shape index (κ2) is 7.30. The largest absolute Gasteiger partial charge is 0.409 e. The smallest absolute Gasteiger partial charge is 0.287 e. The van der Waals surface area contributed by atoms with Crippen LogP contribution in [0.2, 0.25) is 0 Å². The Morgan fingerprint density at radius 2 is 2.04 bits per heavy atom. The zero-order chi connectivity index (χ0) is 17.1. The van der Waals surface area contributed by atoms with E-state index in [2.05, 4.69) is 17.3 Å². The molecule has 3 rings (SSSR count). The first-order chi connectivity index (χ1) is 11.5. The van der Waals surface area contributed by atoms with Gasteiger partial charge in [-0.05, 0) is 50.0 Å². The minimum atomic E-state index is -0.0615. The lowest BCUT2D eigenvalue weighted by molar-refractivity contribution is -0.123. The lowest BCUT2D eigenvalue weighted by Gasteiger charge is -2.29. The normalized spacial score (nSPS) is 20.8. The van der Waals surface area contributed by atoms with Crippen LogP contribution in [0.15, 0.2) is 28.7 Å². The summed E-state index contributed by atoms with van der Waals surface area (Å²) < 4.78 is 6.99. The SMILES string of the molecule is Cc1ccc(-c2nn(CC(=O)N[C@H]3CCCC[C@@H]3C)c(=S)o2)cc1. The van der Waals surface area contributed by atoms with Gasteiger partial charge < -0.3 is 9.73 Å². The van der Waals surface area contributed by atoms with Crippen molar-refractivity contribution in [1.82, 2.24) is 15.1 Å². The van der Waals surface area contributed by atoms with E-state index in [1.165, 1.54) is 23.9 Å². The fraction of sp³-hybridized carbons (Fsp3) is 0.500. The Morgan fingerprint density at radius 1 is 1.33 bits per heavy atom. The minimum Gasteiger partial charge on any atom is -0.409 e. The summed E-state index contributed by atoms with van der Waals surface area (Å²) in [6, 6.07) is 8.10. The van der Waals surface area contributed by atoms with E-state index in [-0.39, 0.29) is 23.3 Å². The van der Waals surface area contributed by atoms with E-state index in [0.29, 0.717) is 11.8 Å². The third-order valence-electron chi connectivity index (χ3n) is 4.66. The van der Waals surface area contributed by atoms with Crippen LogP contribution in [0.25, 0.3) is 11.5 Å². The summed E-state index contributed by atoms with van der Waals surface area (Å²) in [5.74, 6) is 0.906. The molecule has 1 aromatic carbocycles. The standard InChI is InChI=1S/C18H23N3O2S/c1-12-7-9-14(10-8-12)17-20-21(18(24)23-17)11-16(22)19-15-6-4-3-5-13(15)2/h7-10,13,15H,3-6,11H2,1-2H3,(H,19,22)/t13-,15-/m0/s1. The second-order valence-electron chi connectivity index (χ2n) is 6.63. The van der Waals surface area contributed by atoms with Gasteiger partial charge in [-0.15, -0.1) is 5.10 Å². The lowest BCUT2D eigenvalue weighted by atomic mass is 9.86. The van der Waals surface area contributed by atoms with Crippen LogP contribution in [-0.2, 0) is 11.3 Å². The number of hydrogen-bond acceptors (Lipinski definition) is 4. The zero-order valence-electron chi connectivity index (χ0n) is 14.1. The molecular formula is C18H23N3O2S. The highest BCUT2D eigenvalue weighted by molar-refractivity contribution is 7.71. The number of rotatable bonds is 4. The third-order valence-corrected chi connectivity index (χ3v) is 4.95. The molecule has 1 heterocycles. The molecule has 0 saturated heterocycles. The number of aryl methyl sites for hydroxylation is 1. The van der Waals surface area contributed by atoms with Crippen molar-refractivity contribution in [3.05, 3.63) is 34.7 Å². The van der Waals surface area contributed by atoms with Crippen molar-refractivity contribution in [2.75, 3.05) is 0 Å². The predicted molar refractivity (Wildman–Crippen MR) is 95.1 cm³/mol. The number of aromatic nitrogens is 2. The van der Waals surface area contributed by atoms with E-state index in [1.54, 1.807) is 0 Å². The van der Waals surface area contributed by atoms with E-state index in [1.807, 2.05) is 31.2 Å². The van der Waals surface area contributed by atoms with Gasteiger partial charge in [-0.1, -0.05) is 37.5 Å². The summed E-state index contributed by atoms with van der Waals surface area (Å²) in [6.45, 7) is 4.31. The van der Waals surface area contributed by atoms with Crippen molar-refractivity contribution < 1.29 is 9.21 Å². The van der Waals surface area contributed by atoms with Gasteiger partial charge in [0.15, 0.2) is 0 Å². The zero-order valence-corrected chi connectivity index (χ0v) is 14.9. The first kappa shape index (κ1) is 16.9. The molecular weight excluding hydrogens is 322 g/mol. The fourth-order valence-corrected chi connectivity index (χ4v) is 3.32. The molecule has 1 aliphatic carbocycles. The van der Waals surface area contributed by atoms with Gasteiger partial charge in [-0.3, -0.25) is 4.79 Å². The van der Waals surface area contributed by atoms with Gasteiger partial charge >= 0.3 is 0 Å². The van der Waals surface area contributed by atoms with E-state index in [4.69, 9.17) is 16.6 Å². The van der Waals surface area contributed by atoms with E-state index in [9.17, 15) is 4.79 Å². The molecule has 1 fully saturated rings. The van der Waals surface area contributed by atoms with Crippen LogP contribution in [-0.4, -0.2) is 21.7 Å². The van der Waals surface area contributed by atoms with Crippen molar-refractivity contribution in [3.63, 3.8) is 0 Å². The Balaban J connectivity index is 1.68. The van der Waals surface area contributed by atoms with E-state index < -0.39 is 0 Å². The Labute approximate surface area is 147 Å². The average molecular weight is 345 g/mol. The predicted octanol–water partition coefficient (Wildman–Crippen LogP) is 3.88. The molecule has 0 aliphatic heterocycles. The van der Waals surface area contributed by atoms with Crippen LogP contribution < -0.4 is 5.32 Å². The maximum atomic E-state index is 12.3. The molecule has 1 amide bonds. The van der Waals surface area contributed by atoms with Gasteiger partial charge in [-0.2, -0.15) is 0 Å². The number of carbonyl (C=O) groups excluding carboxylic acids is 1. The Kier molecular flexibility index (Phi) is 5.14. The molecule has 24 heavy (non-hydrogen) atoms. The van der Waals surface area contributed by atoms with Crippen LogP contribution in [0.4, 0.5) is 0 Å². The van der Waals surface area contributed by atoms with Crippen molar-refractivity contribution in [2.45, 2.75) is 52.1 Å². The van der Waals surface area contributed by atoms with Crippen molar-refractivity contribution >= 4 is 18.1 Å². The molecule has 0 spiro atoms. The summed E-state index contributed by atoms with van der Waals surface area (Å²) in [4.78, 5) is 12.5. The highest BCUT2D eigenvalue weighted by Crippen LogP contribution is 2.23. The molecule has 0 radical (unpaired) electrons. The topological polar surface area (TPSA) is 60.1 Å². The first-order valence-corrected chi connectivity index (χ1v) is 8.88. The third kappa shape index (κ3) is 3.93. The van der Waals surface area contributed by atoms with E-state index in [0.717, 1.165) is 17.5 Å². The molecule has 1 N–H and O–H groups in total. The lowest BCUT2D eigenvalue weighted by Crippen LogP contribution is -2.42. The fourth-order valence-electron chi connectivity index (χ4n) is 3.14. The van der Waals surface area contributed by atoms with Gasteiger partial charge in [0, 0.05) is 11.6 Å². The Morgan fingerprint density at radius 3 is 2.75 bits per heavy atom. The quantitative estimate of drug-likeness (QED) is 0.855. The molecule has 2 aromatic rings. The summed E-state index contributed by atoms with van der Waals surface area (Å²) in [5.41, 5.74) is 2.02. The highest BCUT2D eigenvalue weighted by Gasteiger charge is 2.23. The second-order valence-corrected chi connectivity index (χ2v) is 6.98. The molecule has 1 aromatic heterocycles. The van der Waals surface area contributed by atoms with Gasteiger partial charge in [0.1, 0.15) is 6.54 Å². The van der Waals surface area contributed by atoms with Crippen LogP contribution in [0, 0.1) is 17.7 Å². The van der Waals surface area contributed by atoms with Gasteiger partial charge in [0.25, 0.3) is 4.84 Å². The summed E-state index contributed by atoms with van der Waals surface area (Å²) in [7, 11) is 0. The Hall–Kier alpha value is -1.95. The van der Waals surface area contributed by atoms with Crippen molar-refractivity contribution in [1.29, 1.82) is 0 Å². The Bertz CT molecular complexity index is 763. The molecule has 6 heteroatoms. The molecule has 5 nitrogen and oxygen atoms in total. The van der Waals surface area contributed by atoms with Gasteiger partial charge in [0.2, 0.25) is 11.8 Å². The minimum absolute atomic E-state index is 0.0615. The highest BCUT2D eigenvalue weighted by atomic mass is 32.1. The van der Waals surface area contributed by atoms with Gasteiger partial charge in [0.05, 0.1) is 0 Å². The molecule has 1 saturated carbocycles. The maximum Gasteiger partial charge on any atom is 0.287 e. The number of carbonyl (C=O) groups is 1. The van der Waals surface area contributed by atoms with Crippen LogP contribution in [0.1, 0.15) is 38.2 Å². The van der Waals surface area contributed by atoms with Gasteiger partial charge in [-0.25, -0.2) is 4.68 Å². The maximum absolute atomic E-state index is 12.3. The number of hydrogen-bond donors (Lipinski definition) is 1. The van der Waals surface area contributed by atoms with E-state index >= 15 is 0 Å². The summed E-state index contributed by atoms with van der Waals surface area (Å²) in [5, 5.41) is 7.46. The number of benzene rings is 1.